The van der Waals surface area contributed by atoms with Gasteiger partial charge in [0.25, 0.3) is 0 Å². The molecule has 8 heteroatoms. The van der Waals surface area contributed by atoms with Crippen molar-refractivity contribution in [1.29, 1.82) is 0 Å². The van der Waals surface area contributed by atoms with Gasteiger partial charge in [0, 0.05) is 18.4 Å². The Morgan fingerprint density at radius 1 is 0.938 bits per heavy atom. The van der Waals surface area contributed by atoms with E-state index in [1.165, 1.54) is 22.3 Å². The molecule has 2 aromatic rings. The number of carbonyl (C=O) groups is 2. The van der Waals surface area contributed by atoms with Gasteiger partial charge in [0.15, 0.2) is 0 Å². The van der Waals surface area contributed by atoms with Crippen molar-refractivity contribution in [2.24, 2.45) is 46.3 Å². The first-order valence-corrected chi connectivity index (χ1v) is 18.4. The maximum atomic E-state index is 13.0. The van der Waals surface area contributed by atoms with Crippen molar-refractivity contribution in [3.8, 4) is 11.1 Å². The lowest BCUT2D eigenvalue weighted by Crippen LogP contribution is -2.63. The number of carbonyl (C=O) groups excluding carboxylic acids is 1. The molecule has 1 amide bonds. The van der Waals surface area contributed by atoms with Crippen molar-refractivity contribution in [3.63, 3.8) is 0 Å². The van der Waals surface area contributed by atoms with E-state index >= 15 is 0 Å². The molecule has 0 spiro atoms. The highest BCUT2D eigenvalue weighted by Gasteiger charge is 2.65. The van der Waals surface area contributed by atoms with Gasteiger partial charge in [0.1, 0.15) is 0 Å². The lowest BCUT2D eigenvalue weighted by Gasteiger charge is -2.63. The second-order valence-corrected chi connectivity index (χ2v) is 16.4. The smallest absolute Gasteiger partial charge is 0.303 e. The SMILES string of the molecule is C[C@H](CCC(=O)O)[C@H]1CC[C@H]2[C@@H]3[C@H](O)C[C@@H]4C[C@@H](NC(=O)CNOCC5c6ccccc6-c6ccccc65)CC[C@]4(C)[C@H]3C[C@H](O)[C@]12C. The van der Waals surface area contributed by atoms with Gasteiger partial charge in [0.2, 0.25) is 5.91 Å². The number of carboxylic acid groups (broad SMARTS) is 1. The van der Waals surface area contributed by atoms with Crippen molar-refractivity contribution in [2.75, 3.05) is 13.2 Å². The molecule has 4 saturated carbocycles. The Morgan fingerprint density at radius 2 is 1.62 bits per heavy atom. The van der Waals surface area contributed by atoms with Crippen LogP contribution in [-0.4, -0.2) is 58.6 Å². The Morgan fingerprint density at radius 3 is 2.31 bits per heavy atom. The number of rotatable bonds is 10. The molecule has 0 aromatic heterocycles. The average Bonchev–Trinajstić information content (AvgIpc) is 3.59. The molecule has 4 fully saturated rings. The van der Waals surface area contributed by atoms with Gasteiger partial charge in [-0.05, 0) is 120 Å². The Hall–Kier alpha value is -2.78. The quantitative estimate of drug-likeness (QED) is 0.159. The first kappa shape index (κ1) is 33.7. The monoisotopic (exact) mass is 658 g/mol. The minimum Gasteiger partial charge on any atom is -0.481 e. The standard InChI is InChI=1S/C40H54N2O6/c1-23(12-15-37(46)47)31-13-14-32-38-33(20-35(44)40(31,32)3)39(2)17-16-25(18-24(39)19-34(38)43)42-36(45)21-41-48-22-30-28-10-6-4-8-26(28)27-9-5-7-11-29(27)30/h4-11,23-25,30-35,38,41,43-44H,12-22H2,1-3H3,(H,42,45)(H,46,47)/t23-,24+,25+,31-,32+,33+,34-,35+,38+,39+,40-/m1/s1. The van der Waals surface area contributed by atoms with E-state index in [4.69, 9.17) is 4.84 Å². The molecule has 0 radical (unpaired) electrons. The maximum absolute atomic E-state index is 13.0. The summed E-state index contributed by atoms with van der Waals surface area (Å²) in [6.07, 6.45) is 6.01. The molecule has 5 aliphatic rings. The Bertz CT molecular complexity index is 1470. The summed E-state index contributed by atoms with van der Waals surface area (Å²) in [5, 5.41) is 36.1. The third kappa shape index (κ3) is 5.70. The van der Waals surface area contributed by atoms with Gasteiger partial charge in [-0.1, -0.05) is 69.3 Å². The summed E-state index contributed by atoms with van der Waals surface area (Å²) in [6, 6.07) is 16.9. The summed E-state index contributed by atoms with van der Waals surface area (Å²) in [4.78, 5) is 30.2. The Labute approximate surface area is 285 Å². The van der Waals surface area contributed by atoms with Crippen LogP contribution in [0.25, 0.3) is 11.1 Å². The number of aliphatic carboxylic acids is 1. The predicted molar refractivity (Wildman–Crippen MR) is 184 cm³/mol. The van der Waals surface area contributed by atoms with E-state index in [2.05, 4.69) is 80.1 Å². The number of nitrogens with one attached hydrogen (secondary N) is 2. The molecule has 0 saturated heterocycles. The highest BCUT2D eigenvalue weighted by Crippen LogP contribution is 2.68. The van der Waals surface area contributed by atoms with Crippen LogP contribution < -0.4 is 10.8 Å². The van der Waals surface area contributed by atoms with Crippen LogP contribution in [-0.2, 0) is 14.4 Å². The zero-order valence-corrected chi connectivity index (χ0v) is 28.7. The highest BCUT2D eigenvalue weighted by atomic mass is 16.6. The molecule has 2 aromatic carbocycles. The fraction of sp³-hybridized carbons (Fsp3) is 0.650. The molecular formula is C40H54N2O6. The van der Waals surface area contributed by atoms with Crippen LogP contribution in [0.15, 0.2) is 48.5 Å². The minimum absolute atomic E-state index is 0.00959. The Kier molecular flexibility index (Phi) is 9.24. The van der Waals surface area contributed by atoms with Crippen molar-refractivity contribution >= 4 is 11.9 Å². The number of hydroxylamine groups is 1. The van der Waals surface area contributed by atoms with E-state index in [-0.39, 0.29) is 77.2 Å². The van der Waals surface area contributed by atoms with E-state index in [1.807, 2.05) is 0 Å². The van der Waals surface area contributed by atoms with Crippen LogP contribution in [0.2, 0.25) is 0 Å². The molecule has 8 nitrogen and oxygen atoms in total. The molecule has 0 aliphatic heterocycles. The van der Waals surface area contributed by atoms with Gasteiger partial charge >= 0.3 is 5.97 Å². The zero-order valence-electron chi connectivity index (χ0n) is 28.7. The normalized spacial score (nSPS) is 37.4. The second-order valence-electron chi connectivity index (χ2n) is 16.4. The Balaban J connectivity index is 0.933. The zero-order chi connectivity index (χ0) is 33.8. The van der Waals surface area contributed by atoms with E-state index in [1.54, 1.807) is 0 Å². The van der Waals surface area contributed by atoms with Crippen LogP contribution in [0.3, 0.4) is 0 Å². The third-order valence-electron chi connectivity index (χ3n) is 14.3. The molecule has 11 atom stereocenters. The van der Waals surface area contributed by atoms with Crippen LogP contribution in [0.5, 0.6) is 0 Å². The van der Waals surface area contributed by atoms with Crippen LogP contribution in [0.4, 0.5) is 0 Å². The summed E-state index contributed by atoms with van der Waals surface area (Å²) in [6.45, 7) is 7.29. The first-order chi connectivity index (χ1) is 23.0. The summed E-state index contributed by atoms with van der Waals surface area (Å²) in [5.74, 6) is 0.688. The molecular weight excluding hydrogens is 604 g/mol. The van der Waals surface area contributed by atoms with E-state index < -0.39 is 18.2 Å². The lowest BCUT2D eigenvalue weighted by molar-refractivity contribution is -0.202. The summed E-state index contributed by atoms with van der Waals surface area (Å²) < 4.78 is 0. The summed E-state index contributed by atoms with van der Waals surface area (Å²) in [7, 11) is 0. The lowest BCUT2D eigenvalue weighted by atomic mass is 9.43. The van der Waals surface area contributed by atoms with Gasteiger partial charge < -0.3 is 25.5 Å². The number of hydrogen-bond acceptors (Lipinski definition) is 6. The van der Waals surface area contributed by atoms with Gasteiger partial charge in [-0.15, -0.1) is 0 Å². The number of benzene rings is 2. The summed E-state index contributed by atoms with van der Waals surface area (Å²) in [5.41, 5.74) is 7.62. The number of aliphatic hydroxyl groups is 2. The van der Waals surface area contributed by atoms with E-state index in [0.717, 1.165) is 38.5 Å². The number of amides is 1. The van der Waals surface area contributed by atoms with Gasteiger partial charge in [-0.2, -0.15) is 5.48 Å². The van der Waals surface area contributed by atoms with Crippen LogP contribution in [0.1, 0.15) is 95.6 Å². The molecule has 0 heterocycles. The van der Waals surface area contributed by atoms with Crippen molar-refractivity contribution in [3.05, 3.63) is 59.7 Å². The van der Waals surface area contributed by atoms with Crippen LogP contribution in [0, 0.1) is 46.3 Å². The van der Waals surface area contributed by atoms with Crippen molar-refractivity contribution in [2.45, 2.75) is 103 Å². The number of carboxylic acids is 1. The number of aliphatic hydroxyl groups excluding tert-OH is 2. The van der Waals surface area contributed by atoms with Gasteiger partial charge in [-0.3, -0.25) is 9.59 Å². The third-order valence-corrected chi connectivity index (χ3v) is 14.3. The number of hydrogen-bond donors (Lipinski definition) is 5. The molecule has 260 valence electrons. The molecule has 0 unspecified atom stereocenters. The summed E-state index contributed by atoms with van der Waals surface area (Å²) >= 11 is 0. The largest absolute Gasteiger partial charge is 0.481 e. The molecule has 7 rings (SSSR count). The van der Waals surface area contributed by atoms with E-state index in [9.17, 15) is 24.9 Å². The second kappa shape index (κ2) is 13.2. The highest BCUT2D eigenvalue weighted by molar-refractivity contribution is 5.79. The topological polar surface area (TPSA) is 128 Å². The molecule has 0 bridgehead atoms. The molecule has 48 heavy (non-hydrogen) atoms. The number of fused-ring (bicyclic) bond motifs is 8. The minimum atomic E-state index is -0.763. The first-order valence-electron chi connectivity index (χ1n) is 18.4. The fourth-order valence-corrected chi connectivity index (χ4v) is 11.8. The fourth-order valence-electron chi connectivity index (χ4n) is 11.8. The molecule has 5 aliphatic carbocycles. The van der Waals surface area contributed by atoms with E-state index in [0.29, 0.717) is 19.4 Å². The maximum Gasteiger partial charge on any atom is 0.303 e. The van der Waals surface area contributed by atoms with Crippen LogP contribution >= 0.6 is 0 Å². The van der Waals surface area contributed by atoms with Gasteiger partial charge in [-0.25, -0.2) is 0 Å². The van der Waals surface area contributed by atoms with Crippen molar-refractivity contribution < 1.29 is 29.7 Å². The molecule has 5 N–H and O–H groups in total. The van der Waals surface area contributed by atoms with Gasteiger partial charge in [0.05, 0.1) is 25.4 Å². The average molecular weight is 659 g/mol. The predicted octanol–water partition coefficient (Wildman–Crippen LogP) is 5.91. The van der Waals surface area contributed by atoms with Crippen molar-refractivity contribution in [1.82, 2.24) is 10.8 Å².